The van der Waals surface area contributed by atoms with Gasteiger partial charge in [0.1, 0.15) is 5.54 Å². The van der Waals surface area contributed by atoms with Gasteiger partial charge in [-0.25, -0.2) is 0 Å². The van der Waals surface area contributed by atoms with E-state index in [1.165, 1.54) is 44.9 Å². The third kappa shape index (κ3) is 5.59. The number of hydrogen-bond donors (Lipinski definition) is 1. The van der Waals surface area contributed by atoms with Crippen LogP contribution in [0.1, 0.15) is 71.6 Å². The Labute approximate surface area is 129 Å². The second-order valence-corrected chi connectivity index (χ2v) is 6.71. The Morgan fingerprint density at radius 2 is 1.90 bits per heavy atom. The van der Waals surface area contributed by atoms with Gasteiger partial charge in [-0.2, -0.15) is 0 Å². The quantitative estimate of drug-likeness (QED) is 0.524. The summed E-state index contributed by atoms with van der Waals surface area (Å²) in [5.41, 5.74) is -0.549. The molecule has 0 heterocycles. The summed E-state index contributed by atoms with van der Waals surface area (Å²) >= 11 is 0. The molecule has 0 aliphatic heterocycles. The molecule has 2 aliphatic rings. The molecular formula is C17H31NO3. The molecule has 0 aromatic rings. The summed E-state index contributed by atoms with van der Waals surface area (Å²) in [4.78, 5) is 12.2. The van der Waals surface area contributed by atoms with Gasteiger partial charge in [0, 0.05) is 12.6 Å². The van der Waals surface area contributed by atoms with Gasteiger partial charge in [-0.3, -0.25) is 10.1 Å². The lowest BCUT2D eigenvalue weighted by Crippen LogP contribution is -2.51. The first kappa shape index (κ1) is 16.8. The van der Waals surface area contributed by atoms with E-state index in [2.05, 4.69) is 5.32 Å². The van der Waals surface area contributed by atoms with E-state index in [-0.39, 0.29) is 5.97 Å². The number of ether oxygens (including phenoxy) is 2. The molecule has 0 aromatic carbocycles. The van der Waals surface area contributed by atoms with Crippen molar-refractivity contribution in [3.8, 4) is 0 Å². The molecule has 1 N–H and O–H groups in total. The molecular weight excluding hydrogens is 266 g/mol. The minimum atomic E-state index is -0.549. The van der Waals surface area contributed by atoms with E-state index in [0.717, 1.165) is 19.4 Å². The molecule has 1 atom stereocenters. The molecule has 0 amide bonds. The topological polar surface area (TPSA) is 47.6 Å². The normalized spacial score (nSPS) is 22.8. The predicted octanol–water partition coefficient (Wildman–Crippen LogP) is 3.19. The van der Waals surface area contributed by atoms with Crippen molar-refractivity contribution in [3.05, 3.63) is 0 Å². The van der Waals surface area contributed by atoms with Crippen molar-refractivity contribution in [2.75, 3.05) is 13.2 Å². The molecule has 0 saturated heterocycles. The van der Waals surface area contributed by atoms with E-state index in [0.29, 0.717) is 18.8 Å². The predicted molar refractivity (Wildman–Crippen MR) is 83.3 cm³/mol. The van der Waals surface area contributed by atoms with Crippen molar-refractivity contribution in [3.63, 3.8) is 0 Å². The van der Waals surface area contributed by atoms with Gasteiger partial charge in [-0.15, -0.1) is 0 Å². The maximum atomic E-state index is 12.2. The zero-order valence-corrected chi connectivity index (χ0v) is 13.7. The van der Waals surface area contributed by atoms with E-state index in [4.69, 9.17) is 9.47 Å². The highest BCUT2D eigenvalue weighted by Crippen LogP contribution is 2.26. The molecule has 0 spiro atoms. The molecule has 4 nitrogen and oxygen atoms in total. The lowest BCUT2D eigenvalue weighted by Gasteiger charge is -2.29. The standard InChI is InChI=1S/C17H31NO3/c1-3-20-16(19)17(2,18-14-10-11-14)12-7-13-21-15-8-5-4-6-9-15/h14-15,18H,3-13H2,1-2H3. The van der Waals surface area contributed by atoms with Crippen LogP contribution >= 0.6 is 0 Å². The fraction of sp³-hybridized carbons (Fsp3) is 0.941. The summed E-state index contributed by atoms with van der Waals surface area (Å²) < 4.78 is 11.2. The van der Waals surface area contributed by atoms with E-state index in [9.17, 15) is 4.79 Å². The molecule has 0 radical (unpaired) electrons. The number of rotatable bonds is 9. The minimum Gasteiger partial charge on any atom is -0.465 e. The second-order valence-electron chi connectivity index (χ2n) is 6.71. The molecule has 2 rings (SSSR count). The molecule has 2 fully saturated rings. The molecule has 2 saturated carbocycles. The summed E-state index contributed by atoms with van der Waals surface area (Å²) in [6.07, 6.45) is 10.9. The van der Waals surface area contributed by atoms with Crippen molar-refractivity contribution in [1.82, 2.24) is 5.32 Å². The van der Waals surface area contributed by atoms with Crippen LogP contribution in [0.2, 0.25) is 0 Å². The van der Waals surface area contributed by atoms with Gasteiger partial charge in [-0.05, 0) is 52.4 Å². The van der Waals surface area contributed by atoms with Crippen LogP contribution in [0.3, 0.4) is 0 Å². The fourth-order valence-electron chi connectivity index (χ4n) is 3.11. The summed E-state index contributed by atoms with van der Waals surface area (Å²) in [6.45, 7) is 5.04. The average molecular weight is 297 g/mol. The van der Waals surface area contributed by atoms with Crippen molar-refractivity contribution >= 4 is 5.97 Å². The number of carbonyl (C=O) groups is 1. The summed E-state index contributed by atoms with van der Waals surface area (Å²) in [5.74, 6) is -0.116. The van der Waals surface area contributed by atoms with E-state index in [1.54, 1.807) is 0 Å². The van der Waals surface area contributed by atoms with Crippen LogP contribution in [0.25, 0.3) is 0 Å². The zero-order valence-electron chi connectivity index (χ0n) is 13.7. The highest BCUT2D eigenvalue weighted by molar-refractivity contribution is 5.80. The fourth-order valence-corrected chi connectivity index (χ4v) is 3.11. The van der Waals surface area contributed by atoms with Gasteiger partial charge < -0.3 is 9.47 Å². The Bertz CT molecular complexity index is 324. The van der Waals surface area contributed by atoms with Crippen molar-refractivity contribution in [2.24, 2.45) is 0 Å². The van der Waals surface area contributed by atoms with Crippen LogP contribution in [-0.4, -0.2) is 36.9 Å². The van der Waals surface area contributed by atoms with E-state index >= 15 is 0 Å². The minimum absolute atomic E-state index is 0.116. The average Bonchev–Trinajstić information content (AvgIpc) is 3.29. The molecule has 4 heteroatoms. The van der Waals surface area contributed by atoms with Gasteiger partial charge in [0.05, 0.1) is 12.7 Å². The number of carbonyl (C=O) groups excluding carboxylic acids is 1. The lowest BCUT2D eigenvalue weighted by molar-refractivity contribution is -0.151. The summed E-state index contributed by atoms with van der Waals surface area (Å²) in [5, 5.41) is 3.46. The highest BCUT2D eigenvalue weighted by Gasteiger charge is 2.39. The number of nitrogens with one attached hydrogen (secondary N) is 1. The smallest absolute Gasteiger partial charge is 0.326 e. The van der Waals surface area contributed by atoms with E-state index < -0.39 is 5.54 Å². The third-order valence-corrected chi connectivity index (χ3v) is 4.55. The Morgan fingerprint density at radius 3 is 2.52 bits per heavy atom. The zero-order chi connectivity index (χ0) is 15.1. The first-order chi connectivity index (χ1) is 10.1. The van der Waals surface area contributed by atoms with E-state index in [1.807, 2.05) is 13.8 Å². The van der Waals surface area contributed by atoms with Crippen LogP contribution < -0.4 is 5.32 Å². The monoisotopic (exact) mass is 297 g/mol. The van der Waals surface area contributed by atoms with Crippen molar-refractivity contribution in [1.29, 1.82) is 0 Å². The van der Waals surface area contributed by atoms with Crippen LogP contribution in [0.4, 0.5) is 0 Å². The Kier molecular flexibility index (Phi) is 6.49. The van der Waals surface area contributed by atoms with Crippen LogP contribution in [0.15, 0.2) is 0 Å². The molecule has 0 aromatic heterocycles. The Hall–Kier alpha value is -0.610. The maximum absolute atomic E-state index is 12.2. The van der Waals surface area contributed by atoms with Gasteiger partial charge in [0.2, 0.25) is 0 Å². The van der Waals surface area contributed by atoms with Crippen LogP contribution in [0, 0.1) is 0 Å². The largest absolute Gasteiger partial charge is 0.465 e. The second kappa shape index (κ2) is 8.14. The Morgan fingerprint density at radius 1 is 1.19 bits per heavy atom. The number of esters is 1. The summed E-state index contributed by atoms with van der Waals surface area (Å²) in [6, 6.07) is 0.499. The molecule has 21 heavy (non-hydrogen) atoms. The van der Waals surface area contributed by atoms with Crippen LogP contribution in [0.5, 0.6) is 0 Å². The number of hydrogen-bond acceptors (Lipinski definition) is 4. The molecule has 2 aliphatic carbocycles. The SMILES string of the molecule is CCOC(=O)C(C)(CCCOC1CCCCC1)NC1CC1. The van der Waals surface area contributed by atoms with Gasteiger partial charge in [0.15, 0.2) is 0 Å². The Balaban J connectivity index is 1.71. The molecule has 0 bridgehead atoms. The van der Waals surface area contributed by atoms with Crippen molar-refractivity contribution in [2.45, 2.75) is 89.3 Å². The lowest BCUT2D eigenvalue weighted by atomic mass is 9.95. The van der Waals surface area contributed by atoms with Crippen LogP contribution in [-0.2, 0) is 14.3 Å². The van der Waals surface area contributed by atoms with Crippen molar-refractivity contribution < 1.29 is 14.3 Å². The molecule has 1 unspecified atom stereocenters. The maximum Gasteiger partial charge on any atom is 0.326 e. The van der Waals surface area contributed by atoms with Gasteiger partial charge in [0.25, 0.3) is 0 Å². The highest BCUT2D eigenvalue weighted by atomic mass is 16.5. The third-order valence-electron chi connectivity index (χ3n) is 4.55. The first-order valence-corrected chi connectivity index (χ1v) is 8.70. The van der Waals surface area contributed by atoms with Gasteiger partial charge in [-0.1, -0.05) is 19.3 Å². The van der Waals surface area contributed by atoms with Gasteiger partial charge >= 0.3 is 5.97 Å². The first-order valence-electron chi connectivity index (χ1n) is 8.70. The summed E-state index contributed by atoms with van der Waals surface area (Å²) in [7, 11) is 0. The molecule has 122 valence electrons.